The van der Waals surface area contributed by atoms with Crippen molar-refractivity contribution in [1.29, 1.82) is 0 Å². The Kier molecular flexibility index (Phi) is 3.99. The van der Waals surface area contributed by atoms with Crippen LogP contribution in [0.3, 0.4) is 0 Å². The fourth-order valence-corrected chi connectivity index (χ4v) is 6.98. The van der Waals surface area contributed by atoms with Crippen LogP contribution >= 0.6 is 0 Å². The van der Waals surface area contributed by atoms with Crippen LogP contribution in [-0.4, -0.2) is 14.7 Å². The monoisotopic (exact) mass is 324 g/mol. The van der Waals surface area contributed by atoms with Crippen molar-refractivity contribution in [3.8, 4) is 0 Å². The van der Waals surface area contributed by atoms with Gasteiger partial charge in [0, 0.05) is 0 Å². The molecule has 0 atom stereocenters. The van der Waals surface area contributed by atoms with Crippen LogP contribution in [0.4, 0.5) is 4.39 Å². The first-order valence-electron chi connectivity index (χ1n) is 6.50. The van der Waals surface area contributed by atoms with Gasteiger partial charge in [0.05, 0.1) is 0 Å². The minimum atomic E-state index is -1.58. The molecule has 3 aromatic rings. The predicted octanol–water partition coefficient (Wildman–Crippen LogP) is 2.34. The van der Waals surface area contributed by atoms with Gasteiger partial charge in [0.15, 0.2) is 0 Å². The summed E-state index contributed by atoms with van der Waals surface area (Å²) in [5.41, 5.74) is 0. The molecule has 0 N–H and O–H groups in total. The topological polar surface area (TPSA) is 0 Å². The third kappa shape index (κ3) is 2.84. The van der Waals surface area contributed by atoms with Gasteiger partial charge in [-0.3, -0.25) is 0 Å². The fourth-order valence-electron chi connectivity index (χ4n) is 2.19. The molecule has 0 unspecified atom stereocenters. The van der Waals surface area contributed by atoms with Crippen LogP contribution in [0.25, 0.3) is 0 Å². The Morgan fingerprint density at radius 1 is 0.500 bits per heavy atom. The van der Waals surface area contributed by atoms with E-state index in [-0.39, 0.29) is 5.82 Å². The average Bonchev–Trinajstić information content (AvgIpc) is 2.52. The molecule has 0 saturated carbocycles. The SMILES string of the molecule is Fc1ccc([As](c2ccccc2)c2ccccc2)cc1. The Hall–Kier alpha value is -1.85. The van der Waals surface area contributed by atoms with Gasteiger partial charge >= 0.3 is 123 Å². The second kappa shape index (κ2) is 6.07. The zero-order valence-electron chi connectivity index (χ0n) is 10.9. The van der Waals surface area contributed by atoms with E-state index in [1.165, 1.54) is 13.1 Å². The maximum absolute atomic E-state index is 13.2. The first-order chi connectivity index (χ1) is 9.84. The molecule has 0 amide bonds. The van der Waals surface area contributed by atoms with Crippen molar-refractivity contribution in [2.75, 3.05) is 0 Å². The molecule has 2 heteroatoms. The molecule has 0 heterocycles. The molecule has 0 bridgehead atoms. The molecule has 0 fully saturated rings. The zero-order valence-corrected chi connectivity index (χ0v) is 12.8. The van der Waals surface area contributed by atoms with Gasteiger partial charge in [-0.2, -0.15) is 0 Å². The van der Waals surface area contributed by atoms with E-state index in [2.05, 4.69) is 48.5 Å². The van der Waals surface area contributed by atoms with E-state index in [0.29, 0.717) is 0 Å². The summed E-state index contributed by atoms with van der Waals surface area (Å²) < 4.78 is 17.1. The van der Waals surface area contributed by atoms with Gasteiger partial charge in [0.1, 0.15) is 0 Å². The van der Waals surface area contributed by atoms with Crippen molar-refractivity contribution >= 4 is 27.7 Å². The summed E-state index contributed by atoms with van der Waals surface area (Å²) in [6.07, 6.45) is 0. The molecule has 0 radical (unpaired) electrons. The minimum absolute atomic E-state index is 0.177. The number of benzene rings is 3. The number of hydrogen-bond donors (Lipinski definition) is 0. The summed E-state index contributed by atoms with van der Waals surface area (Å²) in [4.78, 5) is 0. The Bertz CT molecular complexity index is 623. The van der Waals surface area contributed by atoms with Crippen LogP contribution in [0.2, 0.25) is 0 Å². The van der Waals surface area contributed by atoms with Crippen LogP contribution in [-0.2, 0) is 0 Å². The molecule has 98 valence electrons. The molecule has 0 aromatic heterocycles. The van der Waals surface area contributed by atoms with Crippen LogP contribution in [0.15, 0.2) is 84.9 Å². The Balaban J connectivity index is 2.11. The van der Waals surface area contributed by atoms with Crippen molar-refractivity contribution in [3.05, 3.63) is 90.7 Å². The number of hydrogen-bond acceptors (Lipinski definition) is 0. The second-order valence-electron chi connectivity index (χ2n) is 4.48. The summed E-state index contributed by atoms with van der Waals surface area (Å²) in [7, 11) is 0. The van der Waals surface area contributed by atoms with E-state index >= 15 is 0 Å². The molecule has 0 saturated heterocycles. The third-order valence-electron chi connectivity index (χ3n) is 3.11. The van der Waals surface area contributed by atoms with E-state index in [4.69, 9.17) is 0 Å². The van der Waals surface area contributed by atoms with Gasteiger partial charge in [-0.15, -0.1) is 0 Å². The quantitative estimate of drug-likeness (QED) is 0.649. The van der Waals surface area contributed by atoms with E-state index < -0.39 is 14.7 Å². The van der Waals surface area contributed by atoms with Gasteiger partial charge < -0.3 is 0 Å². The van der Waals surface area contributed by atoms with Crippen LogP contribution < -0.4 is 13.1 Å². The normalized spacial score (nSPS) is 10.7. The van der Waals surface area contributed by atoms with Gasteiger partial charge in [-0.25, -0.2) is 0 Å². The molecule has 3 rings (SSSR count). The van der Waals surface area contributed by atoms with Crippen LogP contribution in [0, 0.1) is 5.82 Å². The maximum atomic E-state index is 13.2. The van der Waals surface area contributed by atoms with Crippen molar-refractivity contribution in [3.63, 3.8) is 0 Å². The third-order valence-corrected chi connectivity index (χ3v) is 8.24. The summed E-state index contributed by atoms with van der Waals surface area (Å²) >= 11 is -1.58. The Morgan fingerprint density at radius 2 is 0.900 bits per heavy atom. The zero-order chi connectivity index (χ0) is 13.8. The van der Waals surface area contributed by atoms with Crippen molar-refractivity contribution in [1.82, 2.24) is 0 Å². The van der Waals surface area contributed by atoms with Crippen LogP contribution in [0.1, 0.15) is 0 Å². The summed E-state index contributed by atoms with van der Waals surface area (Å²) in [6.45, 7) is 0. The molecule has 3 aromatic carbocycles. The second-order valence-corrected chi connectivity index (χ2v) is 9.14. The molecular weight excluding hydrogens is 310 g/mol. The van der Waals surface area contributed by atoms with Gasteiger partial charge in [0.25, 0.3) is 0 Å². The van der Waals surface area contributed by atoms with Gasteiger partial charge in [-0.1, -0.05) is 0 Å². The molecule has 0 nitrogen and oxygen atoms in total. The van der Waals surface area contributed by atoms with Gasteiger partial charge in [0.2, 0.25) is 0 Å². The van der Waals surface area contributed by atoms with Crippen molar-refractivity contribution < 1.29 is 4.39 Å². The summed E-state index contributed by atoms with van der Waals surface area (Å²) in [5, 5.41) is 0. The predicted molar refractivity (Wildman–Crippen MR) is 83.9 cm³/mol. The van der Waals surface area contributed by atoms with Crippen LogP contribution in [0.5, 0.6) is 0 Å². The molecule has 0 aliphatic rings. The van der Waals surface area contributed by atoms with Crippen molar-refractivity contribution in [2.45, 2.75) is 0 Å². The van der Waals surface area contributed by atoms with Gasteiger partial charge in [-0.05, 0) is 0 Å². The Morgan fingerprint density at radius 3 is 1.35 bits per heavy atom. The van der Waals surface area contributed by atoms with E-state index in [0.717, 1.165) is 0 Å². The fraction of sp³-hybridized carbons (Fsp3) is 0. The standard InChI is InChI=1S/C18H14AsF/c20-18-13-11-17(12-14-18)19(15-7-3-1-4-8-15)16-9-5-2-6-10-16/h1-14H. The summed E-state index contributed by atoms with van der Waals surface area (Å²) in [6, 6.07) is 28.0. The number of halogens is 1. The van der Waals surface area contributed by atoms with E-state index in [9.17, 15) is 4.39 Å². The first kappa shape index (κ1) is 13.1. The Labute approximate surface area is 123 Å². The molecular formula is C18H14AsF. The van der Waals surface area contributed by atoms with E-state index in [1.807, 2.05) is 24.3 Å². The molecule has 0 aliphatic heterocycles. The first-order valence-corrected chi connectivity index (χ1v) is 9.32. The van der Waals surface area contributed by atoms with E-state index in [1.54, 1.807) is 12.1 Å². The average molecular weight is 324 g/mol. The summed E-state index contributed by atoms with van der Waals surface area (Å²) in [5.74, 6) is -0.177. The molecule has 0 spiro atoms. The number of rotatable bonds is 3. The van der Waals surface area contributed by atoms with Crippen molar-refractivity contribution in [2.24, 2.45) is 0 Å². The molecule has 0 aliphatic carbocycles. The molecule has 20 heavy (non-hydrogen) atoms.